The summed E-state index contributed by atoms with van der Waals surface area (Å²) in [7, 11) is 0.506. The molecule has 6 heteroatoms. The molecule has 1 aromatic rings. The van der Waals surface area contributed by atoms with E-state index >= 15 is 0 Å². The zero-order chi connectivity index (χ0) is 17.8. The van der Waals surface area contributed by atoms with Crippen LogP contribution in [0.5, 0.6) is 5.75 Å². The zero-order valence-electron chi connectivity index (χ0n) is 14.9. The molecule has 0 aliphatic carbocycles. The van der Waals surface area contributed by atoms with Crippen LogP contribution in [-0.4, -0.2) is 34.3 Å². The molecule has 0 aliphatic rings. The van der Waals surface area contributed by atoms with E-state index in [1.54, 1.807) is 31.4 Å². The van der Waals surface area contributed by atoms with Gasteiger partial charge in [0.25, 0.3) is 5.78 Å². The van der Waals surface area contributed by atoms with Crippen molar-refractivity contribution in [3.05, 3.63) is 29.8 Å². The van der Waals surface area contributed by atoms with Crippen molar-refractivity contribution in [2.75, 3.05) is 14.2 Å². The standard InChI is InChI=1S/C17H26O5Si/c1-17(2,3)23(6,7)22-15(14(18)16(19)21-5)12-8-10-13(20-4)11-9-12/h8-11,15H,1-7H3. The number of Topliss-reactive ketones (excluding diaryl/α,β-unsaturated/α-hetero) is 1. The maximum absolute atomic E-state index is 12.4. The molecule has 0 aliphatic heterocycles. The van der Waals surface area contributed by atoms with Gasteiger partial charge in [0.2, 0.25) is 0 Å². The Bertz CT molecular complexity index is 557. The lowest BCUT2D eigenvalue weighted by Gasteiger charge is -2.38. The summed E-state index contributed by atoms with van der Waals surface area (Å²) >= 11 is 0. The minimum absolute atomic E-state index is 0.0892. The van der Waals surface area contributed by atoms with Crippen LogP contribution in [0.25, 0.3) is 0 Å². The van der Waals surface area contributed by atoms with E-state index in [-0.39, 0.29) is 5.04 Å². The highest BCUT2D eigenvalue weighted by Gasteiger charge is 2.42. The number of methoxy groups -OCH3 is 2. The first-order chi connectivity index (χ1) is 10.5. The van der Waals surface area contributed by atoms with E-state index in [1.807, 2.05) is 13.1 Å². The van der Waals surface area contributed by atoms with Gasteiger partial charge in [0.05, 0.1) is 14.2 Å². The number of carbonyl (C=O) groups is 2. The second kappa shape index (κ2) is 7.27. The number of esters is 1. The molecule has 1 atom stereocenters. The van der Waals surface area contributed by atoms with Gasteiger partial charge in [0, 0.05) is 0 Å². The number of carbonyl (C=O) groups excluding carboxylic acids is 2. The molecule has 1 aromatic carbocycles. The summed E-state index contributed by atoms with van der Waals surface area (Å²) in [5, 5.41) is -0.0892. The molecule has 5 nitrogen and oxygen atoms in total. The third-order valence-electron chi connectivity index (χ3n) is 4.26. The van der Waals surface area contributed by atoms with E-state index in [2.05, 4.69) is 25.5 Å². The molecule has 0 spiro atoms. The van der Waals surface area contributed by atoms with Crippen molar-refractivity contribution >= 4 is 20.1 Å². The second-order valence-electron chi connectivity index (χ2n) is 6.89. The van der Waals surface area contributed by atoms with Crippen LogP contribution < -0.4 is 4.74 Å². The van der Waals surface area contributed by atoms with Crippen LogP contribution >= 0.6 is 0 Å². The molecular weight excluding hydrogens is 312 g/mol. The monoisotopic (exact) mass is 338 g/mol. The lowest BCUT2D eigenvalue weighted by molar-refractivity contribution is -0.155. The molecule has 0 saturated heterocycles. The third kappa shape index (κ3) is 4.65. The van der Waals surface area contributed by atoms with Crippen LogP contribution in [0.4, 0.5) is 0 Å². The van der Waals surface area contributed by atoms with Gasteiger partial charge in [-0.2, -0.15) is 0 Å². The number of ketones is 1. The van der Waals surface area contributed by atoms with E-state index in [1.165, 1.54) is 7.11 Å². The predicted octanol–water partition coefficient (Wildman–Crippen LogP) is 3.50. The summed E-state index contributed by atoms with van der Waals surface area (Å²) < 4.78 is 15.9. The van der Waals surface area contributed by atoms with Crippen LogP contribution in [0.3, 0.4) is 0 Å². The van der Waals surface area contributed by atoms with Crippen molar-refractivity contribution in [2.45, 2.75) is 45.0 Å². The molecular formula is C17H26O5Si. The summed E-state index contributed by atoms with van der Waals surface area (Å²) in [6.07, 6.45) is -0.964. The highest BCUT2D eigenvalue weighted by molar-refractivity contribution is 6.74. The summed E-state index contributed by atoms with van der Waals surface area (Å²) in [5.41, 5.74) is 0.617. The molecule has 0 amide bonds. The number of hydrogen-bond donors (Lipinski definition) is 0. The molecule has 0 radical (unpaired) electrons. The summed E-state index contributed by atoms with van der Waals surface area (Å²) in [6, 6.07) is 6.94. The highest BCUT2D eigenvalue weighted by Crippen LogP contribution is 2.40. The predicted molar refractivity (Wildman–Crippen MR) is 91.0 cm³/mol. The molecule has 0 aromatic heterocycles. The van der Waals surface area contributed by atoms with Gasteiger partial charge in [-0.15, -0.1) is 0 Å². The van der Waals surface area contributed by atoms with Crippen LogP contribution in [0.15, 0.2) is 24.3 Å². The Morgan fingerprint density at radius 2 is 1.57 bits per heavy atom. The number of benzene rings is 1. The topological polar surface area (TPSA) is 61.8 Å². The van der Waals surface area contributed by atoms with Crippen LogP contribution in [0.1, 0.15) is 32.4 Å². The lowest BCUT2D eigenvalue weighted by Crippen LogP contribution is -2.44. The van der Waals surface area contributed by atoms with Crippen LogP contribution in [0.2, 0.25) is 18.1 Å². The maximum atomic E-state index is 12.4. The Balaban J connectivity index is 3.21. The minimum Gasteiger partial charge on any atom is -0.497 e. The Hall–Kier alpha value is -1.66. The fraction of sp³-hybridized carbons (Fsp3) is 0.529. The van der Waals surface area contributed by atoms with Gasteiger partial charge in [-0.25, -0.2) is 4.79 Å². The minimum atomic E-state index is -2.25. The Morgan fingerprint density at radius 3 is 1.96 bits per heavy atom. The normalized spacial score (nSPS) is 13.3. The molecule has 0 heterocycles. The SMILES string of the molecule is COC(=O)C(=O)C(O[Si](C)(C)C(C)(C)C)c1ccc(OC)cc1. The fourth-order valence-corrected chi connectivity index (χ4v) is 2.92. The maximum Gasteiger partial charge on any atom is 0.377 e. The summed E-state index contributed by atoms with van der Waals surface area (Å²) in [6.45, 7) is 10.3. The van der Waals surface area contributed by atoms with Gasteiger partial charge in [-0.3, -0.25) is 4.79 Å². The first-order valence-corrected chi connectivity index (χ1v) is 10.4. The first-order valence-electron chi connectivity index (χ1n) is 7.47. The Morgan fingerprint density at radius 1 is 1.04 bits per heavy atom. The second-order valence-corrected chi connectivity index (χ2v) is 11.6. The van der Waals surface area contributed by atoms with Gasteiger partial charge in [-0.05, 0) is 35.8 Å². The molecule has 0 saturated carbocycles. The van der Waals surface area contributed by atoms with Crippen LogP contribution in [-0.2, 0) is 18.8 Å². The molecule has 0 bridgehead atoms. The highest BCUT2D eigenvalue weighted by atomic mass is 28.4. The fourth-order valence-electron chi connectivity index (χ4n) is 1.73. The molecule has 1 rings (SSSR count). The quantitative estimate of drug-likeness (QED) is 0.451. The van der Waals surface area contributed by atoms with Gasteiger partial charge >= 0.3 is 5.97 Å². The third-order valence-corrected chi connectivity index (χ3v) is 8.70. The summed E-state index contributed by atoms with van der Waals surface area (Å²) in [4.78, 5) is 24.1. The first kappa shape index (κ1) is 19.4. The lowest BCUT2D eigenvalue weighted by atomic mass is 10.1. The van der Waals surface area contributed by atoms with E-state index in [4.69, 9.17) is 9.16 Å². The number of hydrogen-bond acceptors (Lipinski definition) is 5. The van der Waals surface area contributed by atoms with Gasteiger partial charge in [0.1, 0.15) is 11.9 Å². The zero-order valence-corrected chi connectivity index (χ0v) is 15.9. The van der Waals surface area contributed by atoms with E-state index < -0.39 is 26.2 Å². The summed E-state index contributed by atoms with van der Waals surface area (Å²) in [5.74, 6) is -0.919. The van der Waals surface area contributed by atoms with Crippen molar-refractivity contribution in [3.8, 4) is 5.75 Å². The van der Waals surface area contributed by atoms with E-state index in [0.717, 1.165) is 0 Å². The van der Waals surface area contributed by atoms with E-state index in [9.17, 15) is 9.59 Å². The van der Waals surface area contributed by atoms with Crippen molar-refractivity contribution in [2.24, 2.45) is 0 Å². The van der Waals surface area contributed by atoms with E-state index in [0.29, 0.717) is 11.3 Å². The number of ether oxygens (including phenoxy) is 2. The molecule has 0 fully saturated rings. The molecule has 0 N–H and O–H groups in total. The Kier molecular flexibility index (Phi) is 6.13. The number of rotatable bonds is 6. The Labute approximate surface area is 139 Å². The average Bonchev–Trinajstić information content (AvgIpc) is 2.50. The molecule has 1 unspecified atom stereocenters. The van der Waals surface area contributed by atoms with Crippen molar-refractivity contribution < 1.29 is 23.5 Å². The largest absolute Gasteiger partial charge is 0.497 e. The average molecular weight is 338 g/mol. The van der Waals surface area contributed by atoms with Gasteiger partial charge in [0.15, 0.2) is 8.32 Å². The van der Waals surface area contributed by atoms with Crippen molar-refractivity contribution in [1.82, 2.24) is 0 Å². The van der Waals surface area contributed by atoms with Gasteiger partial charge < -0.3 is 13.9 Å². The van der Waals surface area contributed by atoms with Crippen molar-refractivity contribution in [1.29, 1.82) is 0 Å². The molecule has 23 heavy (non-hydrogen) atoms. The van der Waals surface area contributed by atoms with Gasteiger partial charge in [-0.1, -0.05) is 32.9 Å². The van der Waals surface area contributed by atoms with Crippen LogP contribution in [0, 0.1) is 0 Å². The molecule has 128 valence electrons. The van der Waals surface area contributed by atoms with Crippen molar-refractivity contribution in [3.63, 3.8) is 0 Å². The smallest absolute Gasteiger partial charge is 0.377 e.